The molecule has 26 heavy (non-hydrogen) atoms. The van der Waals surface area contributed by atoms with Gasteiger partial charge < -0.3 is 16.2 Å². The molecule has 0 aliphatic rings. The van der Waals surface area contributed by atoms with Gasteiger partial charge in [-0.2, -0.15) is 13.2 Å². The molecule has 4 N–H and O–H groups in total. The Hall–Kier alpha value is -2.87. The average molecular weight is 366 g/mol. The van der Waals surface area contributed by atoms with Crippen molar-refractivity contribution in [3.05, 3.63) is 71.3 Å². The van der Waals surface area contributed by atoms with E-state index in [4.69, 9.17) is 5.73 Å². The van der Waals surface area contributed by atoms with Gasteiger partial charge >= 0.3 is 6.18 Å². The Morgan fingerprint density at radius 3 is 2.31 bits per heavy atom. The van der Waals surface area contributed by atoms with Crippen molar-refractivity contribution in [3.8, 4) is 0 Å². The van der Waals surface area contributed by atoms with Crippen LogP contribution in [0.3, 0.4) is 0 Å². The van der Waals surface area contributed by atoms with Crippen LogP contribution in [-0.4, -0.2) is 23.0 Å². The van der Waals surface area contributed by atoms with Crippen LogP contribution >= 0.6 is 0 Å². The fourth-order valence-corrected chi connectivity index (χ4v) is 2.37. The highest BCUT2D eigenvalue weighted by atomic mass is 19.4. The van der Waals surface area contributed by atoms with Gasteiger partial charge in [0.05, 0.1) is 5.56 Å². The van der Waals surface area contributed by atoms with Crippen LogP contribution in [0.4, 0.5) is 13.2 Å². The summed E-state index contributed by atoms with van der Waals surface area (Å²) >= 11 is 0. The Labute approximate surface area is 147 Å². The van der Waals surface area contributed by atoms with Crippen molar-refractivity contribution in [2.75, 3.05) is 0 Å². The standard InChI is InChI=1S/C18H17F3N2O3/c19-18(20,21)13-8-4-5-11(9-13)10-14(16(22)25)23-17(26)15(24)12-6-2-1-3-7-12/h1-9,14-15,24H,10H2,(H2,22,25)(H,23,26)/t14-,15+/m1/s1. The molecule has 2 rings (SSSR count). The van der Waals surface area contributed by atoms with E-state index in [9.17, 15) is 27.9 Å². The van der Waals surface area contributed by atoms with E-state index < -0.39 is 35.7 Å². The van der Waals surface area contributed by atoms with Crippen molar-refractivity contribution in [2.24, 2.45) is 5.73 Å². The second-order valence-corrected chi connectivity index (χ2v) is 5.68. The number of nitrogens with one attached hydrogen (secondary N) is 1. The molecule has 0 bridgehead atoms. The van der Waals surface area contributed by atoms with Crippen molar-refractivity contribution < 1.29 is 27.9 Å². The van der Waals surface area contributed by atoms with Gasteiger partial charge in [0.1, 0.15) is 6.04 Å². The van der Waals surface area contributed by atoms with Crippen LogP contribution in [0.15, 0.2) is 54.6 Å². The van der Waals surface area contributed by atoms with Gasteiger partial charge in [-0.05, 0) is 17.2 Å². The topological polar surface area (TPSA) is 92.4 Å². The van der Waals surface area contributed by atoms with Crippen molar-refractivity contribution in [1.29, 1.82) is 0 Å². The molecule has 0 heterocycles. The Morgan fingerprint density at radius 1 is 1.08 bits per heavy atom. The SMILES string of the molecule is NC(=O)[C@@H](Cc1cccc(C(F)(F)F)c1)NC(=O)[C@@H](O)c1ccccc1. The molecule has 0 aromatic heterocycles. The van der Waals surface area contributed by atoms with Gasteiger partial charge in [-0.25, -0.2) is 0 Å². The van der Waals surface area contributed by atoms with Gasteiger partial charge in [-0.1, -0.05) is 48.5 Å². The Bertz CT molecular complexity index is 779. The zero-order chi connectivity index (χ0) is 19.3. The minimum Gasteiger partial charge on any atom is -0.378 e. The molecule has 0 saturated carbocycles. The van der Waals surface area contributed by atoms with Gasteiger partial charge in [0.25, 0.3) is 5.91 Å². The van der Waals surface area contributed by atoms with Crippen LogP contribution in [0.5, 0.6) is 0 Å². The van der Waals surface area contributed by atoms with E-state index in [1.165, 1.54) is 24.3 Å². The molecule has 0 unspecified atom stereocenters. The Morgan fingerprint density at radius 2 is 1.73 bits per heavy atom. The lowest BCUT2D eigenvalue weighted by atomic mass is 10.0. The van der Waals surface area contributed by atoms with E-state index in [0.29, 0.717) is 5.56 Å². The van der Waals surface area contributed by atoms with E-state index >= 15 is 0 Å². The first kappa shape index (κ1) is 19.5. The number of alkyl halides is 3. The minimum absolute atomic E-state index is 0.179. The lowest BCUT2D eigenvalue weighted by Crippen LogP contribution is -2.47. The van der Waals surface area contributed by atoms with Crippen LogP contribution in [-0.2, 0) is 22.2 Å². The van der Waals surface area contributed by atoms with Crippen LogP contribution in [0.25, 0.3) is 0 Å². The first-order valence-electron chi connectivity index (χ1n) is 7.67. The fraction of sp³-hybridized carbons (Fsp3) is 0.222. The second kappa shape index (κ2) is 8.01. The zero-order valence-corrected chi connectivity index (χ0v) is 13.5. The number of hydrogen-bond acceptors (Lipinski definition) is 3. The summed E-state index contributed by atoms with van der Waals surface area (Å²) in [4.78, 5) is 23.7. The zero-order valence-electron chi connectivity index (χ0n) is 13.5. The Kier molecular flexibility index (Phi) is 5.99. The molecule has 2 amide bonds. The minimum atomic E-state index is -4.52. The van der Waals surface area contributed by atoms with Gasteiger partial charge in [0, 0.05) is 6.42 Å². The number of aliphatic hydroxyl groups excluding tert-OH is 1. The molecule has 2 atom stereocenters. The lowest BCUT2D eigenvalue weighted by molar-refractivity contribution is -0.137. The highest BCUT2D eigenvalue weighted by molar-refractivity contribution is 5.89. The van der Waals surface area contributed by atoms with Gasteiger partial charge in [0.2, 0.25) is 5.91 Å². The molecule has 2 aromatic rings. The van der Waals surface area contributed by atoms with Crippen LogP contribution in [0.1, 0.15) is 22.8 Å². The summed E-state index contributed by atoms with van der Waals surface area (Å²) in [7, 11) is 0. The summed E-state index contributed by atoms with van der Waals surface area (Å²) < 4.78 is 38.3. The number of nitrogens with two attached hydrogens (primary N) is 1. The van der Waals surface area contributed by atoms with Crippen molar-refractivity contribution in [1.82, 2.24) is 5.32 Å². The number of primary amides is 1. The predicted octanol–water partition coefficient (Wildman–Crippen LogP) is 1.95. The summed E-state index contributed by atoms with van der Waals surface area (Å²) in [6.07, 6.45) is -6.28. The molecular weight excluding hydrogens is 349 g/mol. The van der Waals surface area contributed by atoms with E-state index in [-0.39, 0.29) is 12.0 Å². The van der Waals surface area contributed by atoms with E-state index in [2.05, 4.69) is 5.32 Å². The maximum absolute atomic E-state index is 12.8. The molecule has 8 heteroatoms. The molecule has 0 saturated heterocycles. The molecule has 5 nitrogen and oxygen atoms in total. The third-order valence-corrected chi connectivity index (χ3v) is 3.72. The maximum atomic E-state index is 12.8. The average Bonchev–Trinajstić information content (AvgIpc) is 2.60. The number of hydrogen-bond donors (Lipinski definition) is 3. The van der Waals surface area contributed by atoms with Crippen molar-refractivity contribution >= 4 is 11.8 Å². The second-order valence-electron chi connectivity index (χ2n) is 5.68. The Balaban J connectivity index is 2.12. The summed E-state index contributed by atoms with van der Waals surface area (Å²) in [6, 6.07) is 11.1. The molecule has 2 aromatic carbocycles. The third-order valence-electron chi connectivity index (χ3n) is 3.72. The quantitative estimate of drug-likeness (QED) is 0.730. The van der Waals surface area contributed by atoms with Gasteiger partial charge in [-0.3, -0.25) is 9.59 Å². The first-order chi connectivity index (χ1) is 12.2. The normalized spacial score (nSPS) is 13.7. The smallest absolute Gasteiger partial charge is 0.378 e. The van der Waals surface area contributed by atoms with Gasteiger partial charge in [-0.15, -0.1) is 0 Å². The largest absolute Gasteiger partial charge is 0.416 e. The van der Waals surface area contributed by atoms with Crippen LogP contribution < -0.4 is 11.1 Å². The monoisotopic (exact) mass is 366 g/mol. The molecule has 0 aliphatic carbocycles. The predicted molar refractivity (Wildman–Crippen MR) is 87.7 cm³/mol. The van der Waals surface area contributed by atoms with Crippen molar-refractivity contribution in [2.45, 2.75) is 24.7 Å². The number of rotatable bonds is 6. The first-order valence-corrected chi connectivity index (χ1v) is 7.67. The number of amides is 2. The molecule has 0 aliphatic heterocycles. The fourth-order valence-electron chi connectivity index (χ4n) is 2.37. The highest BCUT2D eigenvalue weighted by Gasteiger charge is 2.31. The van der Waals surface area contributed by atoms with Crippen LogP contribution in [0, 0.1) is 0 Å². The maximum Gasteiger partial charge on any atom is 0.416 e. The third kappa shape index (κ3) is 5.06. The molecule has 0 spiro atoms. The van der Waals surface area contributed by atoms with E-state index in [1.54, 1.807) is 18.2 Å². The molecule has 0 radical (unpaired) electrons. The van der Waals surface area contributed by atoms with E-state index in [1.807, 2.05) is 0 Å². The number of carbonyl (C=O) groups is 2. The highest BCUT2D eigenvalue weighted by Crippen LogP contribution is 2.29. The summed E-state index contributed by atoms with van der Waals surface area (Å²) in [5, 5.41) is 12.3. The molecular formula is C18H17F3N2O3. The van der Waals surface area contributed by atoms with E-state index in [0.717, 1.165) is 12.1 Å². The summed E-state index contributed by atoms with van der Waals surface area (Å²) in [5.41, 5.74) is 4.86. The van der Waals surface area contributed by atoms with Crippen molar-refractivity contribution in [3.63, 3.8) is 0 Å². The number of halogens is 3. The molecule has 138 valence electrons. The number of aliphatic hydroxyl groups is 1. The number of benzene rings is 2. The van der Waals surface area contributed by atoms with Gasteiger partial charge in [0.15, 0.2) is 6.10 Å². The molecule has 0 fully saturated rings. The van der Waals surface area contributed by atoms with Crippen LogP contribution in [0.2, 0.25) is 0 Å². The summed E-state index contributed by atoms with van der Waals surface area (Å²) in [6.45, 7) is 0. The summed E-state index contributed by atoms with van der Waals surface area (Å²) in [5.74, 6) is -1.79. The lowest BCUT2D eigenvalue weighted by Gasteiger charge is -2.19. The number of carbonyl (C=O) groups excluding carboxylic acids is 2.